The van der Waals surface area contributed by atoms with Crippen molar-refractivity contribution in [2.24, 2.45) is 0 Å². The molecule has 1 aliphatic heterocycles. The molecule has 4 heteroatoms. The number of carbonyl (C=O) groups excluding carboxylic acids is 1. The average Bonchev–Trinajstić information content (AvgIpc) is 2.41. The molecule has 1 aromatic carbocycles. The Morgan fingerprint density at radius 1 is 1.50 bits per heavy atom. The zero-order valence-corrected chi connectivity index (χ0v) is 11.7. The third kappa shape index (κ3) is 2.80. The van der Waals surface area contributed by atoms with Crippen molar-refractivity contribution in [3.05, 3.63) is 29.8 Å². The van der Waals surface area contributed by atoms with E-state index in [2.05, 4.69) is 6.92 Å². The fourth-order valence-corrected chi connectivity index (χ4v) is 3.36. The van der Waals surface area contributed by atoms with Crippen LogP contribution in [0.15, 0.2) is 24.3 Å². The van der Waals surface area contributed by atoms with Crippen molar-refractivity contribution in [2.45, 2.75) is 18.6 Å². The van der Waals surface area contributed by atoms with E-state index < -0.39 is 0 Å². The Labute approximate surface area is 113 Å². The van der Waals surface area contributed by atoms with Gasteiger partial charge >= 0.3 is 0 Å². The zero-order chi connectivity index (χ0) is 13.0. The second kappa shape index (κ2) is 6.14. The van der Waals surface area contributed by atoms with Gasteiger partial charge in [0.1, 0.15) is 11.0 Å². The van der Waals surface area contributed by atoms with Gasteiger partial charge in [-0.05, 0) is 24.1 Å². The third-order valence-corrected chi connectivity index (χ3v) is 4.30. The molecule has 1 unspecified atom stereocenters. The summed E-state index contributed by atoms with van der Waals surface area (Å²) in [6, 6.07) is 7.82. The summed E-state index contributed by atoms with van der Waals surface area (Å²) in [7, 11) is 1.65. The fraction of sp³-hybridized carbons (Fsp3) is 0.500. The second-order valence-electron chi connectivity index (χ2n) is 4.35. The Balaban J connectivity index is 2.18. The van der Waals surface area contributed by atoms with E-state index in [1.807, 2.05) is 29.2 Å². The van der Waals surface area contributed by atoms with Crippen LogP contribution in [0.2, 0.25) is 0 Å². The van der Waals surface area contributed by atoms with Gasteiger partial charge in [0.05, 0.1) is 7.11 Å². The van der Waals surface area contributed by atoms with E-state index in [1.165, 1.54) is 0 Å². The molecule has 1 aliphatic rings. The van der Waals surface area contributed by atoms with Crippen LogP contribution < -0.4 is 4.74 Å². The standard InChI is InChI=1S/C14H19NO2S/c1-3-7-15-8-9-18-13(14(15)16)11-5-4-6-12(10-11)17-2/h4-6,10,13H,3,7-9H2,1-2H3. The summed E-state index contributed by atoms with van der Waals surface area (Å²) < 4.78 is 5.22. The molecule has 0 bridgehead atoms. The predicted octanol–water partition coefficient (Wildman–Crippen LogP) is 2.72. The first-order valence-electron chi connectivity index (χ1n) is 6.30. The number of carbonyl (C=O) groups is 1. The summed E-state index contributed by atoms with van der Waals surface area (Å²) in [4.78, 5) is 14.4. The first-order chi connectivity index (χ1) is 8.76. The minimum atomic E-state index is -0.0691. The first kappa shape index (κ1) is 13.3. The van der Waals surface area contributed by atoms with Crippen molar-refractivity contribution < 1.29 is 9.53 Å². The lowest BCUT2D eigenvalue weighted by Gasteiger charge is -2.32. The van der Waals surface area contributed by atoms with Crippen LogP contribution in [0.25, 0.3) is 0 Å². The van der Waals surface area contributed by atoms with Gasteiger partial charge in [-0.2, -0.15) is 0 Å². The van der Waals surface area contributed by atoms with Gasteiger partial charge < -0.3 is 9.64 Å². The SMILES string of the molecule is CCCN1CCSC(c2cccc(OC)c2)C1=O. The number of nitrogens with zero attached hydrogens (tertiary/aromatic N) is 1. The highest BCUT2D eigenvalue weighted by molar-refractivity contribution is 8.00. The van der Waals surface area contributed by atoms with Crippen LogP contribution in [0.3, 0.4) is 0 Å². The topological polar surface area (TPSA) is 29.5 Å². The summed E-state index contributed by atoms with van der Waals surface area (Å²) in [5.41, 5.74) is 1.05. The van der Waals surface area contributed by atoms with Crippen LogP contribution in [-0.4, -0.2) is 36.8 Å². The molecule has 0 spiro atoms. The van der Waals surface area contributed by atoms with Crippen LogP contribution in [0, 0.1) is 0 Å². The Hall–Kier alpha value is -1.16. The summed E-state index contributed by atoms with van der Waals surface area (Å²) in [5, 5.41) is -0.0691. The van der Waals surface area contributed by atoms with Gasteiger partial charge in [0.15, 0.2) is 0 Å². The Morgan fingerprint density at radius 2 is 2.33 bits per heavy atom. The van der Waals surface area contributed by atoms with Gasteiger partial charge in [-0.3, -0.25) is 4.79 Å². The highest BCUT2D eigenvalue weighted by Crippen LogP contribution is 2.35. The lowest BCUT2D eigenvalue weighted by Crippen LogP contribution is -2.40. The van der Waals surface area contributed by atoms with Crippen molar-refractivity contribution >= 4 is 17.7 Å². The van der Waals surface area contributed by atoms with Gasteiger partial charge in [-0.1, -0.05) is 19.1 Å². The summed E-state index contributed by atoms with van der Waals surface area (Å²) in [5.74, 6) is 2.06. The Kier molecular flexibility index (Phi) is 4.53. The van der Waals surface area contributed by atoms with E-state index in [0.717, 1.165) is 36.6 Å². The second-order valence-corrected chi connectivity index (χ2v) is 5.57. The number of methoxy groups -OCH3 is 1. The molecule has 3 nitrogen and oxygen atoms in total. The third-order valence-electron chi connectivity index (χ3n) is 3.07. The molecule has 2 rings (SSSR count). The minimum absolute atomic E-state index is 0.0691. The quantitative estimate of drug-likeness (QED) is 0.838. The van der Waals surface area contributed by atoms with E-state index in [4.69, 9.17) is 4.74 Å². The molecule has 1 amide bonds. The van der Waals surface area contributed by atoms with Crippen LogP contribution in [0.1, 0.15) is 24.2 Å². The van der Waals surface area contributed by atoms with E-state index in [1.54, 1.807) is 18.9 Å². The maximum Gasteiger partial charge on any atom is 0.240 e. The van der Waals surface area contributed by atoms with Crippen LogP contribution >= 0.6 is 11.8 Å². The largest absolute Gasteiger partial charge is 0.497 e. The monoisotopic (exact) mass is 265 g/mol. The number of thioether (sulfide) groups is 1. The van der Waals surface area contributed by atoms with Gasteiger partial charge in [-0.15, -0.1) is 11.8 Å². The average molecular weight is 265 g/mol. The molecule has 18 heavy (non-hydrogen) atoms. The smallest absolute Gasteiger partial charge is 0.240 e. The van der Waals surface area contributed by atoms with Crippen LogP contribution in [-0.2, 0) is 4.79 Å². The van der Waals surface area contributed by atoms with E-state index >= 15 is 0 Å². The van der Waals surface area contributed by atoms with E-state index in [0.29, 0.717) is 0 Å². The summed E-state index contributed by atoms with van der Waals surface area (Å²) in [6.07, 6.45) is 1.02. The Bertz CT molecular complexity index is 420. The number of amides is 1. The number of benzene rings is 1. The zero-order valence-electron chi connectivity index (χ0n) is 10.9. The van der Waals surface area contributed by atoms with Crippen molar-refractivity contribution in [1.82, 2.24) is 4.90 Å². The molecule has 0 radical (unpaired) electrons. The lowest BCUT2D eigenvalue weighted by atomic mass is 10.1. The van der Waals surface area contributed by atoms with Crippen molar-refractivity contribution in [3.63, 3.8) is 0 Å². The maximum atomic E-state index is 12.4. The molecule has 1 saturated heterocycles. The molecule has 98 valence electrons. The number of hydrogen-bond acceptors (Lipinski definition) is 3. The predicted molar refractivity (Wildman–Crippen MR) is 75.1 cm³/mol. The first-order valence-corrected chi connectivity index (χ1v) is 7.35. The molecular formula is C14H19NO2S. The lowest BCUT2D eigenvalue weighted by molar-refractivity contribution is -0.130. The van der Waals surface area contributed by atoms with Gasteiger partial charge in [0.2, 0.25) is 5.91 Å². The molecular weight excluding hydrogens is 246 g/mol. The van der Waals surface area contributed by atoms with E-state index in [-0.39, 0.29) is 11.2 Å². The van der Waals surface area contributed by atoms with Gasteiger partial charge in [0.25, 0.3) is 0 Å². The number of rotatable bonds is 4. The molecule has 0 aliphatic carbocycles. The van der Waals surface area contributed by atoms with Crippen LogP contribution in [0.5, 0.6) is 5.75 Å². The van der Waals surface area contributed by atoms with Gasteiger partial charge in [0, 0.05) is 18.8 Å². The van der Waals surface area contributed by atoms with Crippen molar-refractivity contribution in [3.8, 4) is 5.75 Å². The molecule has 1 fully saturated rings. The molecule has 0 aromatic heterocycles. The van der Waals surface area contributed by atoms with E-state index in [9.17, 15) is 4.79 Å². The normalized spacial score (nSPS) is 20.0. The summed E-state index contributed by atoms with van der Waals surface area (Å²) >= 11 is 1.73. The molecule has 0 N–H and O–H groups in total. The van der Waals surface area contributed by atoms with Crippen molar-refractivity contribution in [1.29, 1.82) is 0 Å². The number of ether oxygens (including phenoxy) is 1. The fourth-order valence-electron chi connectivity index (χ4n) is 2.16. The molecule has 1 atom stereocenters. The molecule has 1 heterocycles. The highest BCUT2D eigenvalue weighted by Gasteiger charge is 2.30. The van der Waals surface area contributed by atoms with Gasteiger partial charge in [-0.25, -0.2) is 0 Å². The van der Waals surface area contributed by atoms with Crippen molar-refractivity contribution in [2.75, 3.05) is 26.0 Å². The number of hydrogen-bond donors (Lipinski definition) is 0. The molecule has 1 aromatic rings. The maximum absolute atomic E-state index is 12.4. The molecule has 0 saturated carbocycles. The highest BCUT2D eigenvalue weighted by atomic mass is 32.2. The minimum Gasteiger partial charge on any atom is -0.497 e. The van der Waals surface area contributed by atoms with Crippen LogP contribution in [0.4, 0.5) is 0 Å². The Morgan fingerprint density at radius 3 is 3.06 bits per heavy atom. The summed E-state index contributed by atoms with van der Waals surface area (Å²) in [6.45, 7) is 3.84.